The fraction of sp³-hybridized carbons (Fsp3) is 0.200. The molecule has 1 atom stereocenters. The van der Waals surface area contributed by atoms with Crippen LogP contribution in [0.2, 0.25) is 10.0 Å². The van der Waals surface area contributed by atoms with Crippen LogP contribution in [-0.2, 0) is 6.42 Å². The number of hydrogen-bond acceptors (Lipinski definition) is 1. The lowest BCUT2D eigenvalue weighted by Gasteiger charge is -2.18. The summed E-state index contributed by atoms with van der Waals surface area (Å²) in [6, 6.07) is 12.2. The van der Waals surface area contributed by atoms with Gasteiger partial charge in [-0.2, -0.15) is 0 Å². The summed E-state index contributed by atoms with van der Waals surface area (Å²) in [6.45, 7) is 0. The summed E-state index contributed by atoms with van der Waals surface area (Å²) in [4.78, 5) is 0. The number of hydrogen-bond donors (Lipinski definition) is 1. The smallest absolute Gasteiger partial charge is 0.129 e. The Balaban J connectivity index is 2.28. The lowest BCUT2D eigenvalue weighted by Crippen LogP contribution is -2.20. The first-order valence-corrected chi connectivity index (χ1v) is 6.73. The maximum absolute atomic E-state index is 13.9. The van der Waals surface area contributed by atoms with Gasteiger partial charge in [0.15, 0.2) is 0 Å². The minimum atomic E-state index is -0.307. The van der Waals surface area contributed by atoms with Crippen LogP contribution in [0.15, 0.2) is 42.5 Å². The summed E-state index contributed by atoms with van der Waals surface area (Å²) in [6.07, 6.45) is 0.620. The molecule has 0 aliphatic rings. The van der Waals surface area contributed by atoms with Crippen molar-refractivity contribution in [2.75, 3.05) is 7.05 Å². The molecule has 1 unspecified atom stereocenters. The molecule has 0 amide bonds. The fourth-order valence-corrected chi connectivity index (χ4v) is 2.41. The highest BCUT2D eigenvalue weighted by molar-refractivity contribution is 6.31. The van der Waals surface area contributed by atoms with E-state index < -0.39 is 0 Å². The third-order valence-corrected chi connectivity index (χ3v) is 3.67. The Morgan fingerprint density at radius 1 is 1.16 bits per heavy atom. The van der Waals surface area contributed by atoms with Gasteiger partial charge in [-0.1, -0.05) is 47.5 Å². The largest absolute Gasteiger partial charge is 0.313 e. The molecule has 2 aromatic carbocycles. The molecule has 2 aromatic rings. The highest BCUT2D eigenvalue weighted by atomic mass is 35.5. The molecule has 0 heterocycles. The van der Waals surface area contributed by atoms with Crippen LogP contribution >= 0.6 is 23.2 Å². The van der Waals surface area contributed by atoms with E-state index in [2.05, 4.69) is 5.32 Å². The van der Waals surface area contributed by atoms with E-state index in [1.165, 1.54) is 6.07 Å². The zero-order valence-corrected chi connectivity index (χ0v) is 12.0. The second kappa shape index (κ2) is 6.38. The zero-order valence-electron chi connectivity index (χ0n) is 10.5. The molecule has 2 rings (SSSR count). The van der Waals surface area contributed by atoms with Gasteiger partial charge in [0, 0.05) is 21.7 Å². The van der Waals surface area contributed by atoms with Gasteiger partial charge in [0.05, 0.1) is 0 Å². The van der Waals surface area contributed by atoms with Crippen molar-refractivity contribution in [1.82, 2.24) is 5.32 Å². The topological polar surface area (TPSA) is 12.0 Å². The predicted octanol–water partition coefficient (Wildman–Crippen LogP) is 4.64. The van der Waals surface area contributed by atoms with Gasteiger partial charge in [0.25, 0.3) is 0 Å². The van der Waals surface area contributed by atoms with Gasteiger partial charge >= 0.3 is 0 Å². The highest BCUT2D eigenvalue weighted by Crippen LogP contribution is 2.26. The normalized spacial score (nSPS) is 12.4. The second-order valence-corrected chi connectivity index (χ2v) is 5.15. The van der Waals surface area contributed by atoms with Crippen molar-refractivity contribution in [3.05, 3.63) is 69.5 Å². The van der Waals surface area contributed by atoms with Gasteiger partial charge in [-0.05, 0) is 37.2 Å². The summed E-state index contributed by atoms with van der Waals surface area (Å²) in [7, 11) is 1.80. The number of likely N-dealkylation sites (N-methyl/N-ethyl adjacent to an activating group) is 1. The molecular weight excluding hydrogens is 284 g/mol. The summed E-state index contributed by atoms with van der Waals surface area (Å²) < 4.78 is 13.9. The molecule has 100 valence electrons. The van der Waals surface area contributed by atoms with Crippen molar-refractivity contribution in [2.24, 2.45) is 0 Å². The maximum Gasteiger partial charge on any atom is 0.129 e. The Labute approximate surface area is 122 Å². The molecule has 1 nitrogen and oxygen atoms in total. The van der Waals surface area contributed by atoms with Crippen molar-refractivity contribution < 1.29 is 4.39 Å². The number of halogens is 3. The van der Waals surface area contributed by atoms with Crippen LogP contribution < -0.4 is 5.32 Å². The molecular formula is C15H14Cl2FN. The summed E-state index contributed by atoms with van der Waals surface area (Å²) >= 11 is 11.9. The molecule has 0 fully saturated rings. The summed E-state index contributed by atoms with van der Waals surface area (Å²) in [5.41, 5.74) is 1.57. The Hall–Kier alpha value is -1.09. The second-order valence-electron chi connectivity index (χ2n) is 4.30. The first-order valence-electron chi connectivity index (χ1n) is 5.97. The van der Waals surface area contributed by atoms with Crippen LogP contribution in [0.3, 0.4) is 0 Å². The Kier molecular flexibility index (Phi) is 4.81. The maximum atomic E-state index is 13.9. The van der Waals surface area contributed by atoms with Crippen molar-refractivity contribution in [3.63, 3.8) is 0 Å². The molecule has 0 radical (unpaired) electrons. The summed E-state index contributed by atoms with van der Waals surface area (Å²) in [5.74, 6) is -0.307. The number of benzene rings is 2. The molecule has 1 N–H and O–H groups in total. The minimum absolute atomic E-state index is 0.142. The molecule has 0 saturated heterocycles. The average Bonchev–Trinajstić information content (AvgIpc) is 2.39. The van der Waals surface area contributed by atoms with Crippen molar-refractivity contribution >= 4 is 23.2 Å². The van der Waals surface area contributed by atoms with E-state index in [-0.39, 0.29) is 11.9 Å². The van der Waals surface area contributed by atoms with Crippen LogP contribution in [0.4, 0.5) is 4.39 Å². The van der Waals surface area contributed by atoms with Crippen molar-refractivity contribution in [2.45, 2.75) is 12.5 Å². The Morgan fingerprint density at radius 2 is 1.89 bits per heavy atom. The van der Waals surface area contributed by atoms with Crippen LogP contribution in [0, 0.1) is 5.82 Å². The standard InChI is InChI=1S/C15H14Cl2FN/c1-19-15(8-10-4-2-3-5-13(10)17)12-7-6-11(16)9-14(12)18/h2-7,9,15,19H,8H2,1H3. The van der Waals surface area contributed by atoms with E-state index in [9.17, 15) is 4.39 Å². The molecule has 19 heavy (non-hydrogen) atoms. The molecule has 0 aliphatic heterocycles. The van der Waals surface area contributed by atoms with Crippen molar-refractivity contribution in [1.29, 1.82) is 0 Å². The highest BCUT2D eigenvalue weighted by Gasteiger charge is 2.16. The SMILES string of the molecule is CNC(Cc1ccccc1Cl)c1ccc(Cl)cc1F. The number of rotatable bonds is 4. The Morgan fingerprint density at radius 3 is 2.53 bits per heavy atom. The first-order chi connectivity index (χ1) is 9.11. The van der Waals surface area contributed by atoms with Gasteiger partial charge < -0.3 is 5.32 Å². The van der Waals surface area contributed by atoms with Gasteiger partial charge in [0.2, 0.25) is 0 Å². The summed E-state index contributed by atoms with van der Waals surface area (Å²) in [5, 5.41) is 4.20. The van der Waals surface area contributed by atoms with Gasteiger partial charge in [0.1, 0.15) is 5.82 Å². The van der Waals surface area contributed by atoms with Crippen LogP contribution in [0.25, 0.3) is 0 Å². The lowest BCUT2D eigenvalue weighted by molar-refractivity contribution is 0.534. The molecule has 0 aromatic heterocycles. The third kappa shape index (κ3) is 3.47. The Bertz CT molecular complexity index is 572. The molecule has 0 bridgehead atoms. The van der Waals surface area contributed by atoms with E-state index >= 15 is 0 Å². The average molecular weight is 298 g/mol. The van der Waals surface area contributed by atoms with Gasteiger partial charge in [-0.25, -0.2) is 4.39 Å². The zero-order chi connectivity index (χ0) is 13.8. The third-order valence-electron chi connectivity index (χ3n) is 3.07. The van der Waals surface area contributed by atoms with Crippen molar-refractivity contribution in [3.8, 4) is 0 Å². The van der Waals surface area contributed by atoms with E-state index in [4.69, 9.17) is 23.2 Å². The predicted molar refractivity (Wildman–Crippen MR) is 78.4 cm³/mol. The molecule has 0 aliphatic carbocycles. The van der Waals surface area contributed by atoms with Crippen LogP contribution in [0.5, 0.6) is 0 Å². The minimum Gasteiger partial charge on any atom is -0.313 e. The van der Waals surface area contributed by atoms with E-state index in [1.807, 2.05) is 24.3 Å². The lowest BCUT2D eigenvalue weighted by atomic mass is 9.98. The van der Waals surface area contributed by atoms with Gasteiger partial charge in [-0.15, -0.1) is 0 Å². The quantitative estimate of drug-likeness (QED) is 0.867. The number of nitrogens with one attached hydrogen (secondary N) is 1. The molecule has 0 spiro atoms. The monoisotopic (exact) mass is 297 g/mol. The van der Waals surface area contributed by atoms with Crippen LogP contribution in [0.1, 0.15) is 17.2 Å². The van der Waals surface area contributed by atoms with E-state index in [0.717, 1.165) is 5.56 Å². The van der Waals surface area contributed by atoms with Crippen LogP contribution in [-0.4, -0.2) is 7.05 Å². The van der Waals surface area contributed by atoms with E-state index in [0.29, 0.717) is 22.0 Å². The first kappa shape index (κ1) is 14.3. The van der Waals surface area contributed by atoms with E-state index in [1.54, 1.807) is 19.2 Å². The molecule has 4 heteroatoms. The van der Waals surface area contributed by atoms with Gasteiger partial charge in [-0.3, -0.25) is 0 Å². The fourth-order valence-electron chi connectivity index (χ4n) is 2.04. The molecule has 0 saturated carbocycles.